The number of pyridine rings is 1. The predicted molar refractivity (Wildman–Crippen MR) is 112 cm³/mol. The number of aryl methyl sites for hydroxylation is 1. The fourth-order valence-corrected chi connectivity index (χ4v) is 3.77. The van der Waals surface area contributed by atoms with Crippen LogP contribution in [0.15, 0.2) is 78.5 Å². The summed E-state index contributed by atoms with van der Waals surface area (Å²) < 4.78 is 0. The average molecular weight is 405 g/mol. The average Bonchev–Trinajstić information content (AvgIpc) is 3.00. The molecule has 6 heteroatoms. The first-order valence-electron chi connectivity index (χ1n) is 9.02. The smallest absolute Gasteiger partial charge is 0.300 e. The van der Waals surface area contributed by atoms with E-state index >= 15 is 0 Å². The van der Waals surface area contributed by atoms with E-state index in [-0.39, 0.29) is 11.3 Å². The fourth-order valence-electron chi connectivity index (χ4n) is 3.54. The minimum atomic E-state index is -0.851. The van der Waals surface area contributed by atoms with Gasteiger partial charge in [0.05, 0.1) is 11.3 Å². The lowest BCUT2D eigenvalue weighted by molar-refractivity contribution is -0.132. The number of hydrogen-bond donors (Lipinski definition) is 1. The molecule has 0 bridgehead atoms. The van der Waals surface area contributed by atoms with E-state index in [9.17, 15) is 14.7 Å². The maximum atomic E-state index is 13.0. The van der Waals surface area contributed by atoms with Gasteiger partial charge in [0, 0.05) is 22.5 Å². The molecule has 0 spiro atoms. The Morgan fingerprint density at radius 2 is 1.76 bits per heavy atom. The molecule has 1 amide bonds. The van der Waals surface area contributed by atoms with Crippen molar-refractivity contribution in [3.8, 4) is 0 Å². The molecule has 1 aromatic heterocycles. The summed E-state index contributed by atoms with van der Waals surface area (Å²) in [5.74, 6) is -1.70. The van der Waals surface area contributed by atoms with Crippen molar-refractivity contribution in [2.24, 2.45) is 0 Å². The van der Waals surface area contributed by atoms with Gasteiger partial charge in [-0.2, -0.15) is 0 Å². The van der Waals surface area contributed by atoms with Crippen molar-refractivity contribution in [2.45, 2.75) is 13.0 Å². The van der Waals surface area contributed by atoms with Crippen molar-refractivity contribution >= 4 is 34.7 Å². The topological polar surface area (TPSA) is 70.5 Å². The number of nitrogens with zero attached hydrogens (tertiary/aromatic N) is 2. The Morgan fingerprint density at radius 3 is 2.41 bits per heavy atom. The van der Waals surface area contributed by atoms with Crippen LogP contribution in [0.2, 0.25) is 5.02 Å². The Bertz CT molecular complexity index is 1130. The minimum Gasteiger partial charge on any atom is -0.507 e. The number of rotatable bonds is 3. The van der Waals surface area contributed by atoms with Gasteiger partial charge >= 0.3 is 0 Å². The van der Waals surface area contributed by atoms with Crippen molar-refractivity contribution in [3.05, 3.63) is 100 Å². The van der Waals surface area contributed by atoms with Crippen molar-refractivity contribution in [2.75, 3.05) is 4.90 Å². The van der Waals surface area contributed by atoms with E-state index in [1.54, 1.807) is 66.9 Å². The van der Waals surface area contributed by atoms with E-state index in [1.807, 2.05) is 13.0 Å². The first kappa shape index (κ1) is 18.9. The normalized spacial score (nSPS) is 18.3. The summed E-state index contributed by atoms with van der Waals surface area (Å²) in [6, 6.07) is 18.2. The number of carbonyl (C=O) groups is 2. The van der Waals surface area contributed by atoms with Crippen LogP contribution < -0.4 is 4.90 Å². The predicted octanol–water partition coefficient (Wildman–Crippen LogP) is 4.67. The molecule has 3 aromatic rings. The summed E-state index contributed by atoms with van der Waals surface area (Å²) in [6.45, 7) is 1.81. The van der Waals surface area contributed by atoms with Crippen molar-refractivity contribution in [1.82, 2.24) is 4.98 Å². The molecule has 1 fully saturated rings. The van der Waals surface area contributed by atoms with Crippen molar-refractivity contribution < 1.29 is 14.7 Å². The lowest BCUT2D eigenvalue weighted by atomic mass is 9.98. The standard InChI is InChI=1S/C23H17ClN2O3/c1-14-13-16(24)10-11-18(14)26-20(17-9-5-6-12-25-17)19(22(28)23(26)29)21(27)15-7-3-2-4-8-15/h2-13,20,27H,1H3/b21-19+. The van der Waals surface area contributed by atoms with E-state index in [0.29, 0.717) is 22.0 Å². The maximum Gasteiger partial charge on any atom is 0.300 e. The van der Waals surface area contributed by atoms with E-state index in [4.69, 9.17) is 11.6 Å². The highest BCUT2D eigenvalue weighted by molar-refractivity contribution is 6.51. The van der Waals surface area contributed by atoms with E-state index < -0.39 is 17.7 Å². The number of aliphatic hydroxyl groups excluding tert-OH is 1. The van der Waals surface area contributed by atoms with Gasteiger partial charge < -0.3 is 5.11 Å². The Hall–Kier alpha value is -3.44. The molecule has 1 saturated heterocycles. The van der Waals surface area contributed by atoms with Gasteiger partial charge in [-0.05, 0) is 42.8 Å². The third kappa shape index (κ3) is 3.30. The number of halogens is 1. The zero-order valence-electron chi connectivity index (χ0n) is 15.5. The number of aromatic nitrogens is 1. The summed E-state index contributed by atoms with van der Waals surface area (Å²) >= 11 is 6.07. The first-order valence-corrected chi connectivity index (χ1v) is 9.40. The second-order valence-electron chi connectivity index (χ2n) is 6.72. The summed E-state index contributed by atoms with van der Waals surface area (Å²) in [7, 11) is 0. The van der Waals surface area contributed by atoms with Gasteiger partial charge in [-0.25, -0.2) is 0 Å². The minimum absolute atomic E-state index is 0.00856. The highest BCUT2D eigenvalue weighted by Crippen LogP contribution is 2.42. The number of amides is 1. The maximum absolute atomic E-state index is 13.0. The molecule has 0 radical (unpaired) electrons. The molecule has 29 heavy (non-hydrogen) atoms. The molecule has 1 N–H and O–H groups in total. The molecular weight excluding hydrogens is 388 g/mol. The van der Waals surface area contributed by atoms with Crippen LogP contribution in [-0.4, -0.2) is 21.8 Å². The van der Waals surface area contributed by atoms with Crippen LogP contribution in [0, 0.1) is 6.92 Å². The lowest BCUT2D eigenvalue weighted by Gasteiger charge is -2.26. The second-order valence-corrected chi connectivity index (χ2v) is 7.16. The third-order valence-electron chi connectivity index (χ3n) is 4.88. The molecule has 1 aliphatic rings. The molecule has 2 heterocycles. The largest absolute Gasteiger partial charge is 0.507 e. The monoisotopic (exact) mass is 404 g/mol. The summed E-state index contributed by atoms with van der Waals surface area (Å²) in [6.07, 6.45) is 1.59. The van der Waals surface area contributed by atoms with E-state index in [2.05, 4.69) is 4.98 Å². The van der Waals surface area contributed by atoms with Crippen LogP contribution in [0.3, 0.4) is 0 Å². The zero-order valence-corrected chi connectivity index (χ0v) is 16.3. The summed E-state index contributed by atoms with van der Waals surface area (Å²) in [4.78, 5) is 31.8. The lowest BCUT2D eigenvalue weighted by Crippen LogP contribution is -2.30. The molecule has 4 rings (SSSR count). The number of benzene rings is 2. The van der Waals surface area contributed by atoms with Gasteiger partial charge in [0.25, 0.3) is 11.7 Å². The van der Waals surface area contributed by atoms with Gasteiger partial charge in [-0.15, -0.1) is 0 Å². The van der Waals surface area contributed by atoms with Crippen molar-refractivity contribution in [3.63, 3.8) is 0 Å². The molecule has 1 atom stereocenters. The number of Topliss-reactive ketones (excluding diaryl/α,β-unsaturated/α-hetero) is 1. The zero-order chi connectivity index (χ0) is 20.5. The van der Waals surface area contributed by atoms with Crippen LogP contribution in [0.4, 0.5) is 5.69 Å². The van der Waals surface area contributed by atoms with E-state index in [0.717, 1.165) is 5.56 Å². The Balaban J connectivity index is 1.97. The van der Waals surface area contributed by atoms with Gasteiger partial charge in [0.1, 0.15) is 11.8 Å². The van der Waals surface area contributed by atoms with Crippen LogP contribution in [0.5, 0.6) is 0 Å². The highest BCUT2D eigenvalue weighted by Gasteiger charge is 2.47. The first-order chi connectivity index (χ1) is 14.0. The Kier molecular flexibility index (Phi) is 4.91. The quantitative estimate of drug-likeness (QED) is 0.391. The second kappa shape index (κ2) is 7.53. The number of hydrogen-bond acceptors (Lipinski definition) is 4. The van der Waals surface area contributed by atoms with Gasteiger partial charge in [0.2, 0.25) is 0 Å². The van der Waals surface area contributed by atoms with Gasteiger partial charge in [0.15, 0.2) is 0 Å². The fraction of sp³-hybridized carbons (Fsp3) is 0.0870. The molecule has 144 valence electrons. The summed E-state index contributed by atoms with van der Waals surface area (Å²) in [5, 5.41) is 11.5. The highest BCUT2D eigenvalue weighted by atomic mass is 35.5. The molecule has 1 aliphatic heterocycles. The molecular formula is C23H17ClN2O3. The molecule has 0 saturated carbocycles. The number of ketones is 1. The number of anilines is 1. The van der Waals surface area contributed by atoms with E-state index in [1.165, 1.54) is 4.90 Å². The molecule has 5 nitrogen and oxygen atoms in total. The Labute approximate surface area is 172 Å². The number of carbonyl (C=O) groups excluding carboxylic acids is 2. The Morgan fingerprint density at radius 1 is 1.03 bits per heavy atom. The SMILES string of the molecule is Cc1cc(Cl)ccc1N1C(=O)C(=O)/C(=C(/O)c2ccccc2)C1c1ccccn1. The van der Waals surface area contributed by atoms with Gasteiger partial charge in [-0.3, -0.25) is 19.5 Å². The van der Waals surface area contributed by atoms with Crippen molar-refractivity contribution in [1.29, 1.82) is 0 Å². The molecule has 1 unspecified atom stereocenters. The number of aliphatic hydroxyl groups is 1. The molecule has 2 aromatic carbocycles. The van der Waals surface area contributed by atoms with Crippen LogP contribution in [0.25, 0.3) is 5.76 Å². The van der Waals surface area contributed by atoms with Gasteiger partial charge in [-0.1, -0.05) is 48.0 Å². The summed E-state index contributed by atoms with van der Waals surface area (Å²) in [5.41, 5.74) is 2.23. The van der Waals surface area contributed by atoms with Crippen LogP contribution in [-0.2, 0) is 9.59 Å². The van der Waals surface area contributed by atoms with Crippen LogP contribution >= 0.6 is 11.6 Å². The van der Waals surface area contributed by atoms with Crippen LogP contribution in [0.1, 0.15) is 22.9 Å². The molecule has 0 aliphatic carbocycles. The third-order valence-corrected chi connectivity index (χ3v) is 5.11.